The highest BCUT2D eigenvalue weighted by Gasteiger charge is 2.39. The number of imide groups is 1. The smallest absolute Gasteiger partial charge is 0.340 e. The maximum absolute atomic E-state index is 13.4. The minimum atomic E-state index is -4.78. The first kappa shape index (κ1) is 29.8. The molecular weight excluding hydrogens is 521 g/mol. The van der Waals surface area contributed by atoms with Gasteiger partial charge >= 0.3 is 6.18 Å². The van der Waals surface area contributed by atoms with Gasteiger partial charge in [0.05, 0.1) is 22.9 Å². The van der Waals surface area contributed by atoms with Crippen molar-refractivity contribution in [1.82, 2.24) is 9.80 Å². The number of halogens is 3. The van der Waals surface area contributed by atoms with Crippen LogP contribution in [-0.4, -0.2) is 60.2 Å². The third-order valence-electron chi connectivity index (χ3n) is 8.44. The number of unbranched alkanes of at least 4 members (excludes halogenated alkanes) is 3. The molecule has 2 aliphatic heterocycles. The minimum absolute atomic E-state index is 0.184. The van der Waals surface area contributed by atoms with Crippen LogP contribution in [0.25, 0.3) is 0 Å². The van der Waals surface area contributed by atoms with Gasteiger partial charge in [-0.25, -0.2) is 4.90 Å². The number of nitrogens with zero attached hydrogens (tertiary/aromatic N) is 4. The molecular formula is C30H37F3N4O3. The summed E-state index contributed by atoms with van der Waals surface area (Å²) in [4.78, 5) is 43.5. The van der Waals surface area contributed by atoms with Crippen molar-refractivity contribution in [3.05, 3.63) is 40.5 Å². The second-order valence-corrected chi connectivity index (χ2v) is 11.1. The Morgan fingerprint density at radius 1 is 1.00 bits per heavy atom. The molecule has 2 heterocycles. The number of hydrogen-bond acceptors (Lipinski definition) is 5. The number of anilines is 1. The van der Waals surface area contributed by atoms with Crippen molar-refractivity contribution >= 4 is 23.4 Å². The minimum Gasteiger partial charge on any atom is -0.340 e. The molecule has 0 bridgehead atoms. The molecule has 1 saturated heterocycles. The number of carbonyl (C=O) groups is 3. The van der Waals surface area contributed by atoms with E-state index < -0.39 is 29.1 Å². The topological polar surface area (TPSA) is 84.7 Å². The summed E-state index contributed by atoms with van der Waals surface area (Å²) in [5, 5.41) is 9.01. The number of amides is 3. The van der Waals surface area contributed by atoms with Gasteiger partial charge in [0.15, 0.2) is 0 Å². The fourth-order valence-electron chi connectivity index (χ4n) is 6.02. The lowest BCUT2D eigenvalue weighted by Crippen LogP contribution is -2.49. The summed E-state index contributed by atoms with van der Waals surface area (Å²) < 4.78 is 40.2. The lowest BCUT2D eigenvalue weighted by atomic mass is 10.0. The largest absolute Gasteiger partial charge is 0.417 e. The van der Waals surface area contributed by atoms with Crippen LogP contribution in [0.4, 0.5) is 18.9 Å². The number of rotatable bonds is 10. The molecule has 0 aromatic heterocycles. The highest BCUT2D eigenvalue weighted by atomic mass is 19.4. The molecule has 1 saturated carbocycles. The number of carbonyl (C=O) groups excluding carboxylic acids is 3. The molecule has 0 spiro atoms. The number of nitriles is 1. The van der Waals surface area contributed by atoms with E-state index in [0.717, 1.165) is 63.0 Å². The molecule has 3 aliphatic rings. The SMILES string of the molecule is CC1=C(CCCCCCN2CCN(C(=O)CC3CCCC3)CC2)C(=O)N(c2ccc(C#N)c(C(F)(F)F)c2)C1=O. The molecule has 1 aromatic rings. The van der Waals surface area contributed by atoms with E-state index in [4.69, 9.17) is 5.26 Å². The van der Waals surface area contributed by atoms with Crippen molar-refractivity contribution < 1.29 is 27.6 Å². The third kappa shape index (κ3) is 6.92. The average molecular weight is 559 g/mol. The first-order valence-electron chi connectivity index (χ1n) is 14.3. The molecule has 4 rings (SSSR count). The number of benzene rings is 1. The summed E-state index contributed by atoms with van der Waals surface area (Å²) in [6.07, 6.45) is 4.70. The predicted molar refractivity (Wildman–Crippen MR) is 144 cm³/mol. The molecule has 10 heteroatoms. The van der Waals surface area contributed by atoms with Gasteiger partial charge in [-0.05, 0) is 69.7 Å². The summed E-state index contributed by atoms with van der Waals surface area (Å²) in [5.41, 5.74) is -1.33. The van der Waals surface area contributed by atoms with E-state index in [9.17, 15) is 27.6 Å². The highest BCUT2D eigenvalue weighted by molar-refractivity contribution is 6.32. The third-order valence-corrected chi connectivity index (χ3v) is 8.44. The molecule has 0 N–H and O–H groups in total. The molecule has 1 aliphatic carbocycles. The van der Waals surface area contributed by atoms with Gasteiger partial charge in [0.25, 0.3) is 11.8 Å². The summed E-state index contributed by atoms with van der Waals surface area (Å²) in [6, 6.07) is 4.38. The zero-order chi connectivity index (χ0) is 28.9. The van der Waals surface area contributed by atoms with Crippen molar-refractivity contribution in [2.75, 3.05) is 37.6 Å². The van der Waals surface area contributed by atoms with Gasteiger partial charge in [0.2, 0.25) is 5.91 Å². The zero-order valence-electron chi connectivity index (χ0n) is 23.1. The van der Waals surface area contributed by atoms with Crippen LogP contribution >= 0.6 is 0 Å². The molecule has 1 aromatic carbocycles. The Morgan fingerprint density at radius 3 is 2.33 bits per heavy atom. The Labute approximate surface area is 233 Å². The molecule has 3 amide bonds. The van der Waals surface area contributed by atoms with E-state index in [0.29, 0.717) is 42.7 Å². The van der Waals surface area contributed by atoms with E-state index in [1.54, 1.807) is 0 Å². The Kier molecular flexibility index (Phi) is 9.67. The highest BCUT2D eigenvalue weighted by Crippen LogP contribution is 2.37. The van der Waals surface area contributed by atoms with Gasteiger partial charge in [-0.1, -0.05) is 25.7 Å². The Hall–Kier alpha value is -3.19. The lowest BCUT2D eigenvalue weighted by Gasteiger charge is -2.35. The molecule has 216 valence electrons. The first-order valence-corrected chi connectivity index (χ1v) is 14.3. The van der Waals surface area contributed by atoms with Gasteiger partial charge in [0.1, 0.15) is 0 Å². The van der Waals surface area contributed by atoms with E-state index in [-0.39, 0.29) is 11.3 Å². The second kappa shape index (κ2) is 13.0. The van der Waals surface area contributed by atoms with E-state index >= 15 is 0 Å². The maximum Gasteiger partial charge on any atom is 0.417 e. The van der Waals surface area contributed by atoms with Crippen LogP contribution in [0, 0.1) is 17.2 Å². The molecule has 2 fully saturated rings. The Bertz CT molecular complexity index is 1190. The van der Waals surface area contributed by atoms with E-state index in [1.807, 2.05) is 4.90 Å². The quantitative estimate of drug-likeness (QED) is 0.282. The summed E-state index contributed by atoms with van der Waals surface area (Å²) in [7, 11) is 0. The van der Waals surface area contributed by atoms with Crippen molar-refractivity contribution in [3.8, 4) is 6.07 Å². The van der Waals surface area contributed by atoms with Crippen LogP contribution in [0.5, 0.6) is 0 Å². The molecule has 7 nitrogen and oxygen atoms in total. The lowest BCUT2D eigenvalue weighted by molar-refractivity contribution is -0.138. The van der Waals surface area contributed by atoms with E-state index in [1.165, 1.54) is 44.7 Å². The van der Waals surface area contributed by atoms with Crippen LogP contribution < -0.4 is 4.90 Å². The van der Waals surface area contributed by atoms with Gasteiger partial charge in [-0.3, -0.25) is 19.3 Å². The van der Waals surface area contributed by atoms with Gasteiger partial charge < -0.3 is 4.90 Å². The van der Waals surface area contributed by atoms with Crippen LogP contribution in [-0.2, 0) is 20.6 Å². The number of hydrogen-bond donors (Lipinski definition) is 0. The number of alkyl halides is 3. The molecule has 0 unspecified atom stereocenters. The van der Waals surface area contributed by atoms with Gasteiger partial charge in [-0.2, -0.15) is 18.4 Å². The zero-order valence-corrected chi connectivity index (χ0v) is 23.1. The van der Waals surface area contributed by atoms with Crippen molar-refractivity contribution in [2.24, 2.45) is 5.92 Å². The second-order valence-electron chi connectivity index (χ2n) is 11.1. The Morgan fingerprint density at radius 2 is 1.68 bits per heavy atom. The average Bonchev–Trinajstić information content (AvgIpc) is 3.51. The van der Waals surface area contributed by atoms with Crippen LogP contribution in [0.15, 0.2) is 29.3 Å². The fourth-order valence-corrected chi connectivity index (χ4v) is 6.02. The molecule has 0 radical (unpaired) electrons. The fraction of sp³-hybridized carbons (Fsp3) is 0.600. The van der Waals surface area contributed by atoms with Crippen LogP contribution in [0.2, 0.25) is 0 Å². The monoisotopic (exact) mass is 558 g/mol. The van der Waals surface area contributed by atoms with Crippen molar-refractivity contribution in [1.29, 1.82) is 5.26 Å². The van der Waals surface area contributed by atoms with Crippen molar-refractivity contribution in [2.45, 2.75) is 77.3 Å². The molecule has 40 heavy (non-hydrogen) atoms. The van der Waals surface area contributed by atoms with Crippen LogP contribution in [0.1, 0.15) is 82.3 Å². The normalized spacial score (nSPS) is 19.2. The Balaban J connectivity index is 1.18. The summed E-state index contributed by atoms with van der Waals surface area (Å²) >= 11 is 0. The van der Waals surface area contributed by atoms with Crippen LogP contribution in [0.3, 0.4) is 0 Å². The summed E-state index contributed by atoms with van der Waals surface area (Å²) in [6.45, 7) is 5.84. The molecule has 0 atom stereocenters. The summed E-state index contributed by atoms with van der Waals surface area (Å²) in [5.74, 6) is -0.349. The van der Waals surface area contributed by atoms with Gasteiger partial charge in [-0.15, -0.1) is 0 Å². The predicted octanol–water partition coefficient (Wildman–Crippen LogP) is 5.44. The van der Waals surface area contributed by atoms with Crippen molar-refractivity contribution in [3.63, 3.8) is 0 Å². The maximum atomic E-state index is 13.4. The van der Waals surface area contributed by atoms with Gasteiger partial charge in [0, 0.05) is 43.7 Å². The number of piperazine rings is 1. The first-order chi connectivity index (χ1) is 19.1. The van der Waals surface area contributed by atoms with E-state index in [2.05, 4.69) is 4.90 Å². The standard InChI is InChI=1S/C30H37F3N4O3/c1-21-25(29(40)37(28(21)39)24-12-11-23(20-34)26(19-24)30(31,32)33)10-4-2-3-7-13-35-14-16-36(17-15-35)27(38)18-22-8-5-6-9-22/h11-12,19,22H,2-10,13-18H2,1H3.